The second-order valence-corrected chi connectivity index (χ2v) is 6.92. The molecule has 1 aromatic carbocycles. The van der Waals surface area contributed by atoms with Gasteiger partial charge in [0, 0.05) is 17.4 Å². The standard InChI is InChI=1S/C18H18N2O2/c19-11-18(10-17(18)7-3-4-8-17)16(22)20-14-9-15(21)13-6-2-1-5-12(13)14/h1-2,5-6,14H,3-4,7-10H2,(H,20,22)/t14-,18+/m1/s1. The number of nitrogens with one attached hydrogen (secondary N) is 1. The molecule has 1 amide bonds. The Morgan fingerprint density at radius 3 is 2.73 bits per heavy atom. The number of nitrogens with zero attached hydrogens (tertiary/aromatic N) is 1. The van der Waals surface area contributed by atoms with E-state index in [1.165, 1.54) is 0 Å². The molecule has 2 atom stereocenters. The van der Waals surface area contributed by atoms with E-state index in [1.807, 2.05) is 18.2 Å². The first-order valence-corrected chi connectivity index (χ1v) is 7.96. The van der Waals surface area contributed by atoms with Crippen molar-refractivity contribution >= 4 is 11.7 Å². The maximum absolute atomic E-state index is 12.7. The number of fused-ring (bicyclic) bond motifs is 1. The van der Waals surface area contributed by atoms with Gasteiger partial charge in [-0.3, -0.25) is 9.59 Å². The van der Waals surface area contributed by atoms with E-state index in [1.54, 1.807) is 6.07 Å². The zero-order chi connectivity index (χ0) is 15.4. The molecule has 2 fully saturated rings. The van der Waals surface area contributed by atoms with Crippen LogP contribution < -0.4 is 5.32 Å². The fourth-order valence-electron chi connectivity index (χ4n) is 4.52. The van der Waals surface area contributed by atoms with Gasteiger partial charge in [-0.05, 0) is 24.8 Å². The molecule has 2 saturated carbocycles. The van der Waals surface area contributed by atoms with E-state index in [9.17, 15) is 14.9 Å². The number of hydrogen-bond donors (Lipinski definition) is 1. The van der Waals surface area contributed by atoms with Gasteiger partial charge < -0.3 is 5.32 Å². The minimum absolute atomic E-state index is 0.0679. The van der Waals surface area contributed by atoms with Gasteiger partial charge in [-0.2, -0.15) is 5.26 Å². The number of amides is 1. The number of ketones is 1. The highest BCUT2D eigenvalue weighted by Crippen LogP contribution is 2.71. The molecule has 22 heavy (non-hydrogen) atoms. The van der Waals surface area contributed by atoms with Gasteiger partial charge in [0.2, 0.25) is 5.91 Å². The highest BCUT2D eigenvalue weighted by molar-refractivity contribution is 6.02. The Labute approximate surface area is 129 Å². The van der Waals surface area contributed by atoms with Crippen LogP contribution in [-0.2, 0) is 4.79 Å². The lowest BCUT2D eigenvalue weighted by atomic mass is 9.91. The molecule has 0 bridgehead atoms. The van der Waals surface area contributed by atoms with Gasteiger partial charge in [0.25, 0.3) is 0 Å². The van der Waals surface area contributed by atoms with Gasteiger partial charge in [0.05, 0.1) is 12.1 Å². The molecule has 0 unspecified atom stereocenters. The van der Waals surface area contributed by atoms with Crippen LogP contribution >= 0.6 is 0 Å². The molecule has 1 aromatic rings. The number of benzene rings is 1. The van der Waals surface area contributed by atoms with Crippen LogP contribution in [0.5, 0.6) is 0 Å². The van der Waals surface area contributed by atoms with Gasteiger partial charge in [-0.25, -0.2) is 0 Å². The minimum atomic E-state index is -0.857. The lowest BCUT2D eigenvalue weighted by Gasteiger charge is -2.19. The highest BCUT2D eigenvalue weighted by atomic mass is 16.2. The summed E-state index contributed by atoms with van der Waals surface area (Å²) in [5.41, 5.74) is 0.637. The third-order valence-electron chi connectivity index (χ3n) is 5.85. The molecule has 3 aliphatic rings. The molecule has 4 heteroatoms. The van der Waals surface area contributed by atoms with Crippen LogP contribution in [0.4, 0.5) is 0 Å². The van der Waals surface area contributed by atoms with Crippen molar-refractivity contribution in [2.45, 2.75) is 44.6 Å². The Kier molecular flexibility index (Phi) is 2.72. The van der Waals surface area contributed by atoms with Gasteiger partial charge in [0.1, 0.15) is 5.41 Å². The Balaban J connectivity index is 1.57. The van der Waals surface area contributed by atoms with Crippen molar-refractivity contribution in [1.82, 2.24) is 5.32 Å². The molecule has 0 aliphatic heterocycles. The van der Waals surface area contributed by atoms with Crippen LogP contribution in [0.3, 0.4) is 0 Å². The fraction of sp³-hybridized carbons (Fsp3) is 0.500. The smallest absolute Gasteiger partial charge is 0.241 e. The monoisotopic (exact) mass is 294 g/mol. The predicted molar refractivity (Wildman–Crippen MR) is 79.8 cm³/mol. The largest absolute Gasteiger partial charge is 0.347 e. The summed E-state index contributed by atoms with van der Waals surface area (Å²) in [6, 6.07) is 9.44. The molecule has 3 aliphatic carbocycles. The van der Waals surface area contributed by atoms with E-state index in [-0.39, 0.29) is 23.1 Å². The summed E-state index contributed by atoms with van der Waals surface area (Å²) >= 11 is 0. The SMILES string of the molecule is N#C[C@]1(C(=O)N[C@@H]2CC(=O)c3ccccc32)CC12CCCC2. The average Bonchev–Trinajstić information content (AvgIpc) is 2.79. The van der Waals surface area contributed by atoms with Crippen LogP contribution in [0, 0.1) is 22.2 Å². The van der Waals surface area contributed by atoms with Gasteiger partial charge >= 0.3 is 0 Å². The van der Waals surface area contributed by atoms with Crippen LogP contribution in [0.15, 0.2) is 24.3 Å². The van der Waals surface area contributed by atoms with Crippen LogP contribution in [0.2, 0.25) is 0 Å². The number of carbonyl (C=O) groups is 2. The summed E-state index contributed by atoms with van der Waals surface area (Å²) in [5, 5.41) is 12.6. The van der Waals surface area contributed by atoms with Crippen LogP contribution in [0.1, 0.15) is 60.5 Å². The van der Waals surface area contributed by atoms with Crippen LogP contribution in [-0.4, -0.2) is 11.7 Å². The van der Waals surface area contributed by atoms with Crippen molar-refractivity contribution in [3.63, 3.8) is 0 Å². The molecule has 4 nitrogen and oxygen atoms in total. The summed E-state index contributed by atoms with van der Waals surface area (Å²) in [6.45, 7) is 0. The number of rotatable bonds is 2. The van der Waals surface area contributed by atoms with Crippen molar-refractivity contribution in [3.05, 3.63) is 35.4 Å². The summed E-state index contributed by atoms with van der Waals surface area (Å²) in [6.07, 6.45) is 5.18. The third-order valence-corrected chi connectivity index (χ3v) is 5.85. The first kappa shape index (κ1) is 13.5. The topological polar surface area (TPSA) is 70.0 Å². The Hall–Kier alpha value is -2.15. The zero-order valence-electron chi connectivity index (χ0n) is 12.4. The van der Waals surface area contributed by atoms with Crippen molar-refractivity contribution in [2.75, 3.05) is 0 Å². The summed E-state index contributed by atoms with van der Waals surface area (Å²) in [5.74, 6) is -0.107. The van der Waals surface area contributed by atoms with E-state index >= 15 is 0 Å². The normalized spacial score (nSPS) is 30.9. The lowest BCUT2D eigenvalue weighted by Crippen LogP contribution is -2.36. The molecule has 4 rings (SSSR count). The molecular weight excluding hydrogens is 276 g/mol. The summed E-state index contributed by atoms with van der Waals surface area (Å²) < 4.78 is 0. The maximum atomic E-state index is 12.7. The van der Waals surface area contributed by atoms with Crippen molar-refractivity contribution in [3.8, 4) is 6.07 Å². The first-order chi connectivity index (χ1) is 10.6. The Morgan fingerprint density at radius 1 is 1.27 bits per heavy atom. The van der Waals surface area contributed by atoms with Crippen molar-refractivity contribution in [2.24, 2.45) is 10.8 Å². The number of carbonyl (C=O) groups excluding carboxylic acids is 2. The number of nitriles is 1. The summed E-state index contributed by atoms with van der Waals surface area (Å²) in [7, 11) is 0. The molecule has 0 saturated heterocycles. The average molecular weight is 294 g/mol. The molecule has 112 valence electrons. The predicted octanol–water partition coefficient (Wildman–Crippen LogP) is 2.90. The van der Waals surface area contributed by atoms with E-state index < -0.39 is 5.41 Å². The quantitative estimate of drug-likeness (QED) is 0.911. The maximum Gasteiger partial charge on any atom is 0.241 e. The molecular formula is C18H18N2O2. The lowest BCUT2D eigenvalue weighted by molar-refractivity contribution is -0.126. The van der Waals surface area contributed by atoms with Gasteiger partial charge in [-0.1, -0.05) is 37.1 Å². The van der Waals surface area contributed by atoms with E-state index in [4.69, 9.17) is 0 Å². The number of hydrogen-bond acceptors (Lipinski definition) is 3. The fourth-order valence-corrected chi connectivity index (χ4v) is 4.52. The summed E-state index contributed by atoms with van der Waals surface area (Å²) in [4.78, 5) is 24.8. The second-order valence-electron chi connectivity index (χ2n) is 6.92. The van der Waals surface area contributed by atoms with E-state index in [0.29, 0.717) is 18.4 Å². The first-order valence-electron chi connectivity index (χ1n) is 7.96. The Morgan fingerprint density at radius 2 is 2.00 bits per heavy atom. The Bertz CT molecular complexity index is 712. The molecule has 0 radical (unpaired) electrons. The molecule has 0 aromatic heterocycles. The third kappa shape index (κ3) is 1.62. The van der Waals surface area contributed by atoms with Crippen molar-refractivity contribution in [1.29, 1.82) is 5.26 Å². The van der Waals surface area contributed by atoms with Crippen LogP contribution in [0.25, 0.3) is 0 Å². The zero-order valence-corrected chi connectivity index (χ0v) is 12.4. The number of Topliss-reactive ketones (excluding diaryl/α,β-unsaturated/α-hetero) is 1. The van der Waals surface area contributed by atoms with Crippen molar-refractivity contribution < 1.29 is 9.59 Å². The van der Waals surface area contributed by atoms with E-state index in [0.717, 1.165) is 31.2 Å². The van der Waals surface area contributed by atoms with Gasteiger partial charge in [-0.15, -0.1) is 0 Å². The van der Waals surface area contributed by atoms with E-state index in [2.05, 4.69) is 11.4 Å². The minimum Gasteiger partial charge on any atom is -0.347 e. The van der Waals surface area contributed by atoms with Gasteiger partial charge in [0.15, 0.2) is 5.78 Å². The molecule has 1 N–H and O–H groups in total. The second kappa shape index (κ2) is 4.42. The highest BCUT2D eigenvalue weighted by Gasteiger charge is 2.73. The molecule has 1 spiro atoms. The molecule has 0 heterocycles.